The summed E-state index contributed by atoms with van der Waals surface area (Å²) in [5.74, 6) is -0.838. The maximum absolute atomic E-state index is 11.5. The number of carbonyl (C=O) groups is 1. The van der Waals surface area contributed by atoms with Gasteiger partial charge in [-0.3, -0.25) is 0 Å². The average molecular weight is 230 g/mol. The third kappa shape index (κ3) is 3.43. The van der Waals surface area contributed by atoms with Crippen LogP contribution in [0.25, 0.3) is 6.08 Å². The van der Waals surface area contributed by atoms with Gasteiger partial charge in [0.1, 0.15) is 0 Å². The van der Waals surface area contributed by atoms with E-state index in [4.69, 9.17) is 0 Å². The number of hydrogen-bond acceptors (Lipinski definition) is 3. The molecule has 1 aromatic carbocycles. The molecule has 0 aliphatic carbocycles. The van der Waals surface area contributed by atoms with Gasteiger partial charge in [0.2, 0.25) is 0 Å². The summed E-state index contributed by atoms with van der Waals surface area (Å²) in [6.07, 6.45) is 5.01. The van der Waals surface area contributed by atoms with Crippen molar-refractivity contribution >= 4 is 12.0 Å². The van der Waals surface area contributed by atoms with Gasteiger partial charge in [-0.15, -0.1) is 0 Å². The number of esters is 1. The van der Waals surface area contributed by atoms with Crippen LogP contribution < -0.4 is 0 Å². The van der Waals surface area contributed by atoms with Crippen LogP contribution in [0.2, 0.25) is 0 Å². The summed E-state index contributed by atoms with van der Waals surface area (Å²) in [6.45, 7) is 6.67. The summed E-state index contributed by atoms with van der Waals surface area (Å²) in [6, 6.07) is 9.28. The molecule has 17 heavy (non-hydrogen) atoms. The van der Waals surface area contributed by atoms with Crippen molar-refractivity contribution in [2.75, 3.05) is 0 Å². The molecular weight excluding hydrogens is 216 g/mol. The number of rotatable bonds is 5. The van der Waals surface area contributed by atoms with Crippen molar-refractivity contribution in [1.82, 2.24) is 0 Å². The molecule has 1 N–H and O–H groups in total. The van der Waals surface area contributed by atoms with Crippen LogP contribution in [-0.2, 0) is 9.53 Å². The van der Waals surface area contributed by atoms with E-state index in [-0.39, 0.29) is 0 Å². The molecule has 1 aromatic rings. The maximum atomic E-state index is 11.5. The van der Waals surface area contributed by atoms with Crippen molar-refractivity contribution in [3.63, 3.8) is 0 Å². The Morgan fingerprint density at radius 2 is 1.94 bits per heavy atom. The highest BCUT2D eigenvalue weighted by atomic mass is 16.5. The van der Waals surface area contributed by atoms with Gasteiger partial charge in [0, 0.05) is 0 Å². The highest BCUT2D eigenvalue weighted by molar-refractivity contribution is 5.86. The Morgan fingerprint density at radius 3 is 2.47 bits per heavy atom. The molecule has 3 heteroatoms. The average Bonchev–Trinajstić information content (AvgIpc) is 2.37. The molecule has 0 saturated heterocycles. The minimum Gasteiger partial charge on any atom is -0.433 e. The van der Waals surface area contributed by atoms with E-state index in [0.717, 1.165) is 17.9 Å². The second kappa shape index (κ2) is 5.82. The lowest BCUT2D eigenvalue weighted by Crippen LogP contribution is -2.34. The Hall–Kier alpha value is -2.13. The molecule has 1 rings (SSSR count). The van der Waals surface area contributed by atoms with Crippen molar-refractivity contribution < 1.29 is 14.6 Å². The van der Waals surface area contributed by atoms with Gasteiger partial charge >= 0.3 is 5.97 Å². The van der Waals surface area contributed by atoms with Gasteiger partial charge in [-0.05, 0) is 17.7 Å². The summed E-state index contributed by atoms with van der Waals surface area (Å²) in [7, 11) is 0. The molecule has 0 bridgehead atoms. The maximum Gasteiger partial charge on any atom is 0.351 e. The van der Waals surface area contributed by atoms with Crippen molar-refractivity contribution in [3.8, 4) is 0 Å². The molecule has 1 unspecified atom stereocenters. The van der Waals surface area contributed by atoms with E-state index in [0.29, 0.717) is 0 Å². The van der Waals surface area contributed by atoms with E-state index in [1.807, 2.05) is 30.3 Å². The molecule has 0 aliphatic rings. The summed E-state index contributed by atoms with van der Waals surface area (Å²) < 4.78 is 4.54. The quantitative estimate of drug-likeness (QED) is 0.479. The van der Waals surface area contributed by atoms with Gasteiger partial charge < -0.3 is 9.84 Å². The fourth-order valence-corrected chi connectivity index (χ4v) is 1.18. The Bertz CT molecular complexity index is 434. The first-order valence-corrected chi connectivity index (χ1v) is 5.04. The standard InChI is InChI=1S/C14H14O3/c1-3-14(16,13(15)17-4-2)11-10-12-8-6-5-7-9-12/h3-11,16H,1-2H2. The normalized spacial score (nSPS) is 13.9. The summed E-state index contributed by atoms with van der Waals surface area (Å²) >= 11 is 0. The molecule has 0 saturated carbocycles. The van der Waals surface area contributed by atoms with Crippen molar-refractivity contribution in [2.24, 2.45) is 0 Å². The van der Waals surface area contributed by atoms with E-state index in [9.17, 15) is 9.90 Å². The van der Waals surface area contributed by atoms with Crippen LogP contribution in [0.4, 0.5) is 0 Å². The number of ether oxygens (including phenoxy) is 1. The van der Waals surface area contributed by atoms with Crippen LogP contribution in [0.3, 0.4) is 0 Å². The third-order valence-corrected chi connectivity index (χ3v) is 2.16. The molecule has 1 atom stereocenters. The van der Waals surface area contributed by atoms with Gasteiger partial charge in [0.15, 0.2) is 5.60 Å². The van der Waals surface area contributed by atoms with Gasteiger partial charge in [-0.1, -0.05) is 49.6 Å². The van der Waals surface area contributed by atoms with Crippen LogP contribution in [0.1, 0.15) is 5.56 Å². The van der Waals surface area contributed by atoms with Gasteiger partial charge in [-0.25, -0.2) is 4.79 Å². The van der Waals surface area contributed by atoms with Crippen LogP contribution >= 0.6 is 0 Å². The van der Waals surface area contributed by atoms with Crippen molar-refractivity contribution in [3.05, 3.63) is 67.5 Å². The molecule has 0 aliphatic heterocycles. The molecule has 0 amide bonds. The smallest absolute Gasteiger partial charge is 0.351 e. The Balaban J connectivity index is 2.89. The molecule has 0 fully saturated rings. The number of benzene rings is 1. The zero-order valence-electron chi connectivity index (χ0n) is 9.37. The number of aliphatic hydroxyl groups is 1. The van der Waals surface area contributed by atoms with E-state index < -0.39 is 11.6 Å². The highest BCUT2D eigenvalue weighted by Gasteiger charge is 2.30. The molecule has 0 heterocycles. The van der Waals surface area contributed by atoms with E-state index in [1.165, 1.54) is 6.08 Å². The second-order valence-electron chi connectivity index (χ2n) is 3.35. The molecule has 0 aromatic heterocycles. The van der Waals surface area contributed by atoms with E-state index >= 15 is 0 Å². The first-order valence-electron chi connectivity index (χ1n) is 5.04. The Labute approximate surface area is 100 Å². The second-order valence-corrected chi connectivity index (χ2v) is 3.35. The minimum atomic E-state index is -1.84. The Morgan fingerprint density at radius 1 is 1.29 bits per heavy atom. The third-order valence-electron chi connectivity index (χ3n) is 2.16. The Kier molecular flexibility index (Phi) is 4.43. The van der Waals surface area contributed by atoms with E-state index in [1.54, 1.807) is 6.08 Å². The van der Waals surface area contributed by atoms with Crippen molar-refractivity contribution in [2.45, 2.75) is 5.60 Å². The molecular formula is C14H14O3. The zero-order chi connectivity index (χ0) is 12.7. The van der Waals surface area contributed by atoms with E-state index in [2.05, 4.69) is 17.9 Å². The summed E-state index contributed by atoms with van der Waals surface area (Å²) in [4.78, 5) is 11.5. The predicted molar refractivity (Wildman–Crippen MR) is 66.9 cm³/mol. The van der Waals surface area contributed by atoms with Crippen LogP contribution in [0, 0.1) is 0 Å². The summed E-state index contributed by atoms with van der Waals surface area (Å²) in [5.41, 5.74) is -0.983. The fourth-order valence-electron chi connectivity index (χ4n) is 1.18. The minimum absolute atomic E-state index is 0.838. The molecule has 0 radical (unpaired) electrons. The van der Waals surface area contributed by atoms with Gasteiger partial charge in [-0.2, -0.15) is 0 Å². The summed E-state index contributed by atoms with van der Waals surface area (Å²) in [5, 5.41) is 9.95. The number of hydrogen-bond donors (Lipinski definition) is 1. The first kappa shape index (κ1) is 12.9. The molecule has 88 valence electrons. The fraction of sp³-hybridized carbons (Fsp3) is 0.0714. The number of carbonyl (C=O) groups excluding carboxylic acids is 1. The highest BCUT2D eigenvalue weighted by Crippen LogP contribution is 2.14. The SMILES string of the molecule is C=COC(=O)C(O)(C=C)C=Cc1ccccc1. The lowest BCUT2D eigenvalue weighted by Gasteiger charge is -2.16. The van der Waals surface area contributed by atoms with Crippen molar-refractivity contribution in [1.29, 1.82) is 0 Å². The van der Waals surface area contributed by atoms with Gasteiger partial charge in [0.25, 0.3) is 0 Å². The van der Waals surface area contributed by atoms with Crippen LogP contribution in [0.15, 0.2) is 61.9 Å². The lowest BCUT2D eigenvalue weighted by molar-refractivity contribution is -0.150. The van der Waals surface area contributed by atoms with Crippen LogP contribution in [-0.4, -0.2) is 16.7 Å². The zero-order valence-corrected chi connectivity index (χ0v) is 9.37. The predicted octanol–water partition coefficient (Wildman–Crippen LogP) is 2.30. The molecule has 3 nitrogen and oxygen atoms in total. The largest absolute Gasteiger partial charge is 0.433 e. The van der Waals surface area contributed by atoms with Crippen LogP contribution in [0.5, 0.6) is 0 Å². The lowest BCUT2D eigenvalue weighted by atomic mass is 10.0. The topological polar surface area (TPSA) is 46.5 Å². The van der Waals surface area contributed by atoms with Gasteiger partial charge in [0.05, 0.1) is 6.26 Å². The molecule has 0 spiro atoms. The first-order chi connectivity index (χ1) is 8.12. The monoisotopic (exact) mass is 230 g/mol.